The Morgan fingerprint density at radius 2 is 1.92 bits per heavy atom. The molecule has 0 spiro atoms. The summed E-state index contributed by atoms with van der Waals surface area (Å²) in [5.41, 5.74) is 0. The van der Waals surface area contributed by atoms with Crippen LogP contribution in [0, 0.1) is 0 Å². The van der Waals surface area contributed by atoms with E-state index in [1.54, 1.807) is 0 Å². The molecule has 1 saturated heterocycles. The van der Waals surface area contributed by atoms with E-state index in [-0.39, 0.29) is 30.1 Å². The van der Waals surface area contributed by atoms with Gasteiger partial charge in [0.15, 0.2) is 5.96 Å². The van der Waals surface area contributed by atoms with Crippen LogP contribution < -0.4 is 15.4 Å². The van der Waals surface area contributed by atoms with Gasteiger partial charge in [-0.3, -0.25) is 4.99 Å². The summed E-state index contributed by atoms with van der Waals surface area (Å²) < 4.78 is 6.94. The van der Waals surface area contributed by atoms with Gasteiger partial charge in [-0.25, -0.2) is 0 Å². The molecule has 7 heteroatoms. The lowest BCUT2D eigenvalue weighted by atomic mass is 10.0. The molecule has 1 aliphatic heterocycles. The molecule has 0 saturated carbocycles. The second kappa shape index (κ2) is 12.0. The van der Waals surface area contributed by atoms with Gasteiger partial charge in [0.25, 0.3) is 0 Å². The topological polar surface area (TPSA) is 48.9 Å². The minimum absolute atomic E-state index is 0. The number of nitrogens with zero attached hydrogens (tertiary/aromatic N) is 2. The van der Waals surface area contributed by atoms with Crippen LogP contribution >= 0.6 is 39.9 Å². The molecule has 0 bridgehead atoms. The highest BCUT2D eigenvalue weighted by Crippen LogP contribution is 2.24. The van der Waals surface area contributed by atoms with Gasteiger partial charge in [0.2, 0.25) is 0 Å². The van der Waals surface area contributed by atoms with E-state index in [0.29, 0.717) is 18.6 Å². The molecule has 0 aromatic heterocycles. The number of hydrogen-bond donors (Lipinski definition) is 2. The second-order valence-corrected chi connectivity index (χ2v) is 7.71. The Morgan fingerprint density at radius 3 is 2.50 bits per heavy atom. The number of halogens is 2. The standard InChI is InChI=1S/C19H31BrN4O.HI/c1-14(2)24-11-9-16(10-12-24)23-19(21-4)22-13-15(3)25-18-8-6-5-7-17(18)20;/h5-8,14-16H,9-13H2,1-4H3,(H2,21,22,23);1H. The molecule has 1 aliphatic rings. The molecule has 1 aromatic carbocycles. The largest absolute Gasteiger partial charge is 0.488 e. The Balaban J connectivity index is 0.00000338. The van der Waals surface area contributed by atoms with E-state index in [0.717, 1.165) is 42.1 Å². The Hall–Kier alpha value is -0.540. The van der Waals surface area contributed by atoms with Gasteiger partial charge in [-0.05, 0) is 61.7 Å². The number of likely N-dealkylation sites (tertiary alicyclic amines) is 1. The van der Waals surface area contributed by atoms with Crippen molar-refractivity contribution in [3.05, 3.63) is 28.7 Å². The van der Waals surface area contributed by atoms with Crippen molar-refractivity contribution in [3.63, 3.8) is 0 Å². The minimum Gasteiger partial charge on any atom is -0.488 e. The molecule has 5 nitrogen and oxygen atoms in total. The fourth-order valence-electron chi connectivity index (χ4n) is 2.99. The van der Waals surface area contributed by atoms with Crippen LogP contribution in [0.2, 0.25) is 0 Å². The Morgan fingerprint density at radius 1 is 1.27 bits per heavy atom. The quantitative estimate of drug-likeness (QED) is 0.328. The van der Waals surface area contributed by atoms with E-state index < -0.39 is 0 Å². The highest BCUT2D eigenvalue weighted by atomic mass is 127. The molecule has 26 heavy (non-hydrogen) atoms. The maximum Gasteiger partial charge on any atom is 0.191 e. The molecule has 1 aromatic rings. The highest BCUT2D eigenvalue weighted by molar-refractivity contribution is 14.0. The van der Waals surface area contributed by atoms with Gasteiger partial charge in [-0.1, -0.05) is 12.1 Å². The predicted octanol–water partition coefficient (Wildman–Crippen LogP) is 3.87. The molecule has 1 atom stereocenters. The number of para-hydroxylation sites is 1. The van der Waals surface area contributed by atoms with Crippen molar-refractivity contribution in [2.75, 3.05) is 26.7 Å². The number of guanidine groups is 1. The lowest BCUT2D eigenvalue weighted by Gasteiger charge is -2.35. The van der Waals surface area contributed by atoms with Gasteiger partial charge in [-0.15, -0.1) is 24.0 Å². The maximum atomic E-state index is 5.97. The van der Waals surface area contributed by atoms with Crippen molar-refractivity contribution in [2.24, 2.45) is 4.99 Å². The van der Waals surface area contributed by atoms with Gasteiger partial charge in [-0.2, -0.15) is 0 Å². The summed E-state index contributed by atoms with van der Waals surface area (Å²) in [5, 5.41) is 6.92. The van der Waals surface area contributed by atoms with E-state index in [2.05, 4.69) is 57.2 Å². The number of rotatable bonds is 6. The van der Waals surface area contributed by atoms with E-state index in [4.69, 9.17) is 4.74 Å². The van der Waals surface area contributed by atoms with Crippen LogP contribution in [-0.2, 0) is 0 Å². The lowest BCUT2D eigenvalue weighted by molar-refractivity contribution is 0.167. The zero-order valence-electron chi connectivity index (χ0n) is 16.2. The Labute approximate surface area is 183 Å². The third-order valence-corrected chi connectivity index (χ3v) is 5.20. The summed E-state index contributed by atoms with van der Waals surface area (Å²) in [6, 6.07) is 9.03. The van der Waals surface area contributed by atoms with Gasteiger partial charge in [0.05, 0.1) is 11.0 Å². The molecular formula is C19H32BrIN4O. The first-order valence-corrected chi connectivity index (χ1v) is 9.91. The summed E-state index contributed by atoms with van der Waals surface area (Å²) in [6.45, 7) is 9.58. The van der Waals surface area contributed by atoms with Crippen LogP contribution in [0.3, 0.4) is 0 Å². The van der Waals surface area contributed by atoms with Crippen molar-refractivity contribution in [1.82, 2.24) is 15.5 Å². The van der Waals surface area contributed by atoms with E-state index in [9.17, 15) is 0 Å². The van der Waals surface area contributed by atoms with Crippen molar-refractivity contribution < 1.29 is 4.74 Å². The lowest BCUT2D eigenvalue weighted by Crippen LogP contribution is -2.50. The molecule has 1 unspecified atom stereocenters. The number of aliphatic imine (C=N–C) groups is 1. The van der Waals surface area contributed by atoms with E-state index in [1.165, 1.54) is 0 Å². The van der Waals surface area contributed by atoms with Crippen LogP contribution in [0.25, 0.3) is 0 Å². The van der Waals surface area contributed by atoms with Crippen LogP contribution in [0.15, 0.2) is 33.7 Å². The van der Waals surface area contributed by atoms with E-state index in [1.807, 2.05) is 31.3 Å². The normalized spacial score (nSPS) is 17.5. The molecule has 0 amide bonds. The number of nitrogens with one attached hydrogen (secondary N) is 2. The smallest absolute Gasteiger partial charge is 0.191 e. The average molecular weight is 539 g/mol. The van der Waals surface area contributed by atoms with Crippen LogP contribution in [0.4, 0.5) is 0 Å². The zero-order chi connectivity index (χ0) is 18.2. The average Bonchev–Trinajstić information content (AvgIpc) is 2.61. The number of benzene rings is 1. The first kappa shape index (κ1) is 23.5. The SMILES string of the molecule is CN=C(NCC(C)Oc1ccccc1Br)NC1CCN(C(C)C)CC1.I. The van der Waals surface area contributed by atoms with Crippen molar-refractivity contribution in [1.29, 1.82) is 0 Å². The second-order valence-electron chi connectivity index (χ2n) is 6.86. The summed E-state index contributed by atoms with van der Waals surface area (Å²) in [4.78, 5) is 6.88. The molecule has 1 fully saturated rings. The minimum atomic E-state index is 0. The fraction of sp³-hybridized carbons (Fsp3) is 0.632. The van der Waals surface area contributed by atoms with Gasteiger partial charge in [0, 0.05) is 32.2 Å². The number of ether oxygens (including phenoxy) is 1. The van der Waals surface area contributed by atoms with Crippen molar-refractivity contribution in [2.45, 2.75) is 51.8 Å². The Bertz CT molecular complexity index is 562. The predicted molar refractivity (Wildman–Crippen MR) is 124 cm³/mol. The fourth-order valence-corrected chi connectivity index (χ4v) is 3.37. The molecule has 0 aliphatic carbocycles. The number of hydrogen-bond acceptors (Lipinski definition) is 3. The monoisotopic (exact) mass is 538 g/mol. The molecule has 2 rings (SSSR count). The maximum absolute atomic E-state index is 5.97. The van der Waals surface area contributed by atoms with E-state index >= 15 is 0 Å². The number of piperidine rings is 1. The van der Waals surface area contributed by atoms with Crippen molar-refractivity contribution in [3.8, 4) is 5.75 Å². The Kier molecular flexibility index (Phi) is 10.9. The first-order valence-electron chi connectivity index (χ1n) is 9.12. The zero-order valence-corrected chi connectivity index (χ0v) is 20.1. The van der Waals surface area contributed by atoms with Crippen LogP contribution in [0.1, 0.15) is 33.6 Å². The summed E-state index contributed by atoms with van der Waals surface area (Å²) in [6.07, 6.45) is 2.35. The van der Waals surface area contributed by atoms with Crippen LogP contribution in [0.5, 0.6) is 5.75 Å². The third kappa shape index (κ3) is 7.60. The molecule has 0 radical (unpaired) electrons. The molecule has 2 N–H and O–H groups in total. The first-order chi connectivity index (χ1) is 12.0. The molecule has 1 heterocycles. The van der Waals surface area contributed by atoms with Gasteiger partial charge in [0.1, 0.15) is 11.9 Å². The highest BCUT2D eigenvalue weighted by Gasteiger charge is 2.21. The summed E-state index contributed by atoms with van der Waals surface area (Å²) in [7, 11) is 1.82. The van der Waals surface area contributed by atoms with Crippen LogP contribution in [-0.4, -0.2) is 55.7 Å². The summed E-state index contributed by atoms with van der Waals surface area (Å²) in [5.74, 6) is 1.71. The summed E-state index contributed by atoms with van der Waals surface area (Å²) >= 11 is 3.51. The molecule has 148 valence electrons. The van der Waals surface area contributed by atoms with Crippen molar-refractivity contribution >= 4 is 45.9 Å². The van der Waals surface area contributed by atoms with Gasteiger partial charge < -0.3 is 20.3 Å². The molecular weight excluding hydrogens is 507 g/mol. The third-order valence-electron chi connectivity index (χ3n) is 4.55. The van der Waals surface area contributed by atoms with Gasteiger partial charge >= 0.3 is 0 Å².